The van der Waals surface area contributed by atoms with Gasteiger partial charge in [0.15, 0.2) is 5.82 Å². The highest BCUT2D eigenvalue weighted by Crippen LogP contribution is 2.14. The zero-order chi connectivity index (χ0) is 20.8. The van der Waals surface area contributed by atoms with Crippen molar-refractivity contribution in [3.8, 4) is 5.82 Å². The van der Waals surface area contributed by atoms with Gasteiger partial charge in [-0.25, -0.2) is 14.6 Å². The Morgan fingerprint density at radius 3 is 2.55 bits per heavy atom. The fourth-order valence-electron chi connectivity index (χ4n) is 2.79. The van der Waals surface area contributed by atoms with Gasteiger partial charge in [0, 0.05) is 35.9 Å². The number of nitrogens with zero attached hydrogens (tertiary/aromatic N) is 4. The minimum Gasteiger partial charge on any atom is -0.368 e. The number of benzene rings is 1. The van der Waals surface area contributed by atoms with Crippen LogP contribution in [0.15, 0.2) is 42.5 Å². The van der Waals surface area contributed by atoms with Crippen molar-refractivity contribution in [1.29, 1.82) is 0 Å². The summed E-state index contributed by atoms with van der Waals surface area (Å²) < 4.78 is 1.79. The SMILES string of the molecule is Cc1cc(C)n(-c2cc(NCCNC(=O)/C=C/c3ccc(Cl)cc3)nc(C)n2)n1. The quantitative estimate of drug-likeness (QED) is 0.460. The van der Waals surface area contributed by atoms with E-state index in [1.807, 2.05) is 45.0 Å². The van der Waals surface area contributed by atoms with E-state index in [2.05, 4.69) is 25.7 Å². The van der Waals surface area contributed by atoms with E-state index in [1.165, 1.54) is 6.08 Å². The van der Waals surface area contributed by atoms with E-state index in [0.29, 0.717) is 35.6 Å². The Morgan fingerprint density at radius 1 is 1.10 bits per heavy atom. The first-order chi connectivity index (χ1) is 13.9. The Morgan fingerprint density at radius 2 is 1.86 bits per heavy atom. The van der Waals surface area contributed by atoms with Crippen LogP contribution in [0.2, 0.25) is 5.02 Å². The fraction of sp³-hybridized carbons (Fsp3) is 0.238. The van der Waals surface area contributed by atoms with Crippen LogP contribution in [0, 0.1) is 20.8 Å². The molecule has 0 aliphatic carbocycles. The van der Waals surface area contributed by atoms with Crippen molar-refractivity contribution in [2.75, 3.05) is 18.4 Å². The van der Waals surface area contributed by atoms with Gasteiger partial charge >= 0.3 is 0 Å². The Hall–Kier alpha value is -3.19. The summed E-state index contributed by atoms with van der Waals surface area (Å²) in [7, 11) is 0. The van der Waals surface area contributed by atoms with E-state index in [9.17, 15) is 4.79 Å². The third-order valence-corrected chi connectivity index (χ3v) is 4.33. The molecule has 1 amide bonds. The van der Waals surface area contributed by atoms with E-state index in [-0.39, 0.29) is 5.91 Å². The summed E-state index contributed by atoms with van der Waals surface area (Å²) in [6.07, 6.45) is 3.24. The first-order valence-electron chi connectivity index (χ1n) is 9.25. The summed E-state index contributed by atoms with van der Waals surface area (Å²) in [6.45, 7) is 6.76. The van der Waals surface area contributed by atoms with Gasteiger partial charge < -0.3 is 10.6 Å². The molecule has 0 unspecified atom stereocenters. The lowest BCUT2D eigenvalue weighted by Crippen LogP contribution is -2.27. The maximum atomic E-state index is 11.9. The monoisotopic (exact) mass is 410 g/mol. The summed E-state index contributed by atoms with van der Waals surface area (Å²) in [5.41, 5.74) is 2.85. The van der Waals surface area contributed by atoms with Crippen molar-refractivity contribution >= 4 is 29.4 Å². The van der Waals surface area contributed by atoms with Gasteiger partial charge in [0.1, 0.15) is 11.6 Å². The van der Waals surface area contributed by atoms with Gasteiger partial charge in [-0.2, -0.15) is 5.10 Å². The van der Waals surface area contributed by atoms with Crippen LogP contribution in [-0.4, -0.2) is 38.7 Å². The van der Waals surface area contributed by atoms with Gasteiger partial charge in [0.2, 0.25) is 5.91 Å². The van der Waals surface area contributed by atoms with Gasteiger partial charge in [-0.05, 0) is 50.6 Å². The number of nitrogens with one attached hydrogen (secondary N) is 2. The normalized spacial score (nSPS) is 11.0. The molecule has 0 fully saturated rings. The van der Waals surface area contributed by atoms with Crippen molar-refractivity contribution < 1.29 is 4.79 Å². The topological polar surface area (TPSA) is 84.7 Å². The number of amides is 1. The zero-order valence-electron chi connectivity index (χ0n) is 16.6. The second-order valence-electron chi connectivity index (χ2n) is 6.60. The average molecular weight is 411 g/mol. The van der Waals surface area contributed by atoms with Gasteiger partial charge in [-0.3, -0.25) is 4.79 Å². The molecule has 2 aromatic heterocycles. The van der Waals surface area contributed by atoms with E-state index in [4.69, 9.17) is 11.6 Å². The predicted octanol–water partition coefficient (Wildman–Crippen LogP) is 3.48. The number of rotatable bonds is 7. The minimum absolute atomic E-state index is 0.163. The number of anilines is 1. The predicted molar refractivity (Wildman–Crippen MR) is 115 cm³/mol. The molecular formula is C21H23ClN6O. The first-order valence-corrected chi connectivity index (χ1v) is 9.63. The van der Waals surface area contributed by atoms with Gasteiger partial charge in [0.25, 0.3) is 0 Å². The Bertz CT molecular complexity index is 1030. The van der Waals surface area contributed by atoms with E-state index in [1.54, 1.807) is 22.9 Å². The molecule has 7 nitrogen and oxygen atoms in total. The maximum absolute atomic E-state index is 11.9. The van der Waals surface area contributed by atoms with Gasteiger partial charge in [0.05, 0.1) is 5.69 Å². The number of carbonyl (C=O) groups is 1. The van der Waals surface area contributed by atoms with Crippen LogP contribution in [-0.2, 0) is 4.79 Å². The number of hydrogen-bond donors (Lipinski definition) is 2. The molecule has 0 aliphatic heterocycles. The van der Waals surface area contributed by atoms with Crippen LogP contribution < -0.4 is 10.6 Å². The summed E-state index contributed by atoms with van der Waals surface area (Å²) in [5.74, 6) is 1.88. The van der Waals surface area contributed by atoms with Crippen molar-refractivity contribution in [1.82, 2.24) is 25.1 Å². The lowest BCUT2D eigenvalue weighted by Gasteiger charge is -2.10. The molecule has 1 aromatic carbocycles. The molecule has 0 saturated heterocycles. The molecule has 29 heavy (non-hydrogen) atoms. The van der Waals surface area contributed by atoms with E-state index >= 15 is 0 Å². The molecule has 150 valence electrons. The summed E-state index contributed by atoms with van der Waals surface area (Å²) >= 11 is 5.85. The fourth-order valence-corrected chi connectivity index (χ4v) is 2.92. The molecule has 0 radical (unpaired) electrons. The standard InChI is InChI=1S/C21H23ClN6O/c1-14-12-15(2)28(27-14)20-13-19(25-16(3)26-20)23-10-11-24-21(29)9-6-17-4-7-18(22)8-5-17/h4-9,12-13H,10-11H2,1-3H3,(H,24,29)(H,23,25,26)/b9-6+. The van der Waals surface area contributed by atoms with Crippen LogP contribution in [0.1, 0.15) is 22.8 Å². The Kier molecular flexibility index (Phi) is 6.61. The average Bonchev–Trinajstić information content (AvgIpc) is 3.02. The van der Waals surface area contributed by atoms with Gasteiger partial charge in [-0.15, -0.1) is 0 Å². The first kappa shape index (κ1) is 20.5. The highest BCUT2D eigenvalue weighted by Gasteiger charge is 2.08. The second kappa shape index (κ2) is 9.34. The molecule has 0 spiro atoms. The molecule has 0 bridgehead atoms. The number of aryl methyl sites for hydroxylation is 3. The van der Waals surface area contributed by atoms with Crippen molar-refractivity contribution in [3.63, 3.8) is 0 Å². The van der Waals surface area contributed by atoms with Crippen LogP contribution >= 0.6 is 11.6 Å². The zero-order valence-corrected chi connectivity index (χ0v) is 17.4. The molecule has 0 atom stereocenters. The molecule has 0 aliphatic rings. The van der Waals surface area contributed by atoms with Crippen LogP contribution in [0.5, 0.6) is 0 Å². The van der Waals surface area contributed by atoms with Gasteiger partial charge in [-0.1, -0.05) is 23.7 Å². The molecular weight excluding hydrogens is 388 g/mol. The molecule has 8 heteroatoms. The summed E-state index contributed by atoms with van der Waals surface area (Å²) in [6, 6.07) is 11.1. The van der Waals surface area contributed by atoms with Crippen molar-refractivity contribution in [2.24, 2.45) is 0 Å². The largest absolute Gasteiger partial charge is 0.368 e. The third kappa shape index (κ3) is 5.89. The summed E-state index contributed by atoms with van der Waals surface area (Å²) in [5, 5.41) is 11.2. The third-order valence-electron chi connectivity index (χ3n) is 4.08. The lowest BCUT2D eigenvalue weighted by atomic mass is 10.2. The van der Waals surface area contributed by atoms with Crippen LogP contribution in [0.3, 0.4) is 0 Å². The molecule has 2 N–H and O–H groups in total. The van der Waals surface area contributed by atoms with Crippen LogP contribution in [0.25, 0.3) is 11.9 Å². The molecule has 3 aromatic rings. The molecule has 0 saturated carbocycles. The highest BCUT2D eigenvalue weighted by atomic mass is 35.5. The number of aromatic nitrogens is 4. The maximum Gasteiger partial charge on any atom is 0.244 e. The molecule has 3 rings (SSSR count). The number of halogens is 1. The van der Waals surface area contributed by atoms with E-state index in [0.717, 1.165) is 17.0 Å². The molecule has 2 heterocycles. The smallest absolute Gasteiger partial charge is 0.244 e. The number of carbonyl (C=O) groups excluding carboxylic acids is 1. The number of hydrogen-bond acceptors (Lipinski definition) is 5. The van der Waals surface area contributed by atoms with E-state index < -0.39 is 0 Å². The second-order valence-corrected chi connectivity index (χ2v) is 7.04. The van der Waals surface area contributed by atoms with Crippen LogP contribution in [0.4, 0.5) is 5.82 Å². The lowest BCUT2D eigenvalue weighted by molar-refractivity contribution is -0.116. The van der Waals surface area contributed by atoms with Crippen molar-refractivity contribution in [3.05, 3.63) is 70.3 Å². The Balaban J connectivity index is 1.52. The minimum atomic E-state index is -0.163. The summed E-state index contributed by atoms with van der Waals surface area (Å²) in [4.78, 5) is 20.8. The van der Waals surface area contributed by atoms with Crippen molar-refractivity contribution in [2.45, 2.75) is 20.8 Å². The highest BCUT2D eigenvalue weighted by molar-refractivity contribution is 6.30. The Labute approximate surface area is 174 Å².